The maximum Gasteiger partial charge on any atom is 0.221 e. The lowest BCUT2D eigenvalue weighted by molar-refractivity contribution is -0.123. The summed E-state index contributed by atoms with van der Waals surface area (Å²) in [6, 6.07) is 0. The first-order valence-corrected chi connectivity index (χ1v) is 4.64. The third-order valence-electron chi connectivity index (χ3n) is 1.39. The molecule has 0 rings (SSSR count). The van der Waals surface area contributed by atoms with Crippen molar-refractivity contribution >= 4 is 23.5 Å². The molecule has 1 N–H and O–H groups in total. The molecular formula is C7H13NO2S. The van der Waals surface area contributed by atoms with Crippen LogP contribution in [-0.4, -0.2) is 30.2 Å². The number of carbonyl (C=O) groups is 2. The molecule has 0 spiro atoms. The zero-order valence-electron chi connectivity index (χ0n) is 7.01. The van der Waals surface area contributed by atoms with Crippen molar-refractivity contribution in [1.29, 1.82) is 0 Å². The first-order valence-electron chi connectivity index (χ1n) is 3.35. The summed E-state index contributed by atoms with van der Waals surface area (Å²) in [5.41, 5.74) is 0. The van der Waals surface area contributed by atoms with E-state index < -0.39 is 0 Å². The van der Waals surface area contributed by atoms with E-state index in [1.54, 1.807) is 7.05 Å². The molecule has 0 bridgehead atoms. The molecule has 1 atom stereocenters. The van der Waals surface area contributed by atoms with Crippen molar-refractivity contribution in [2.24, 2.45) is 0 Å². The molecule has 0 heterocycles. The van der Waals surface area contributed by atoms with Gasteiger partial charge in [-0.15, -0.1) is 0 Å². The van der Waals surface area contributed by atoms with Gasteiger partial charge in [-0.1, -0.05) is 0 Å². The van der Waals surface area contributed by atoms with E-state index in [9.17, 15) is 9.59 Å². The fourth-order valence-corrected chi connectivity index (χ4v) is 1.31. The molecule has 4 heteroatoms. The van der Waals surface area contributed by atoms with Crippen LogP contribution in [0.3, 0.4) is 0 Å². The van der Waals surface area contributed by atoms with Gasteiger partial charge in [0.05, 0.1) is 5.25 Å². The monoisotopic (exact) mass is 175 g/mol. The van der Waals surface area contributed by atoms with E-state index >= 15 is 0 Å². The molecule has 0 aromatic heterocycles. The molecule has 0 radical (unpaired) electrons. The van der Waals surface area contributed by atoms with Gasteiger partial charge in [-0.2, -0.15) is 11.8 Å². The zero-order chi connectivity index (χ0) is 8.85. The van der Waals surface area contributed by atoms with Crippen molar-refractivity contribution in [2.75, 3.05) is 13.3 Å². The summed E-state index contributed by atoms with van der Waals surface area (Å²) < 4.78 is 0. The highest BCUT2D eigenvalue weighted by molar-refractivity contribution is 7.99. The van der Waals surface area contributed by atoms with Crippen molar-refractivity contribution in [3.63, 3.8) is 0 Å². The molecule has 0 aliphatic rings. The highest BCUT2D eigenvalue weighted by atomic mass is 32.2. The number of carbonyl (C=O) groups excluding carboxylic acids is 2. The first-order chi connectivity index (χ1) is 5.11. The van der Waals surface area contributed by atoms with E-state index in [4.69, 9.17) is 0 Å². The fourth-order valence-electron chi connectivity index (χ4n) is 0.663. The molecule has 0 aromatic rings. The molecule has 0 fully saturated rings. The van der Waals surface area contributed by atoms with Crippen LogP contribution < -0.4 is 5.32 Å². The number of amides is 1. The lowest BCUT2D eigenvalue weighted by Gasteiger charge is -2.08. The predicted molar refractivity (Wildman–Crippen MR) is 46.7 cm³/mol. The third-order valence-corrected chi connectivity index (χ3v) is 2.46. The largest absolute Gasteiger partial charge is 0.359 e. The Labute approximate surface area is 70.9 Å². The standard InChI is InChI=1S/C7H13NO2S/c1-5(9)6(11-3)4-7(10)8-2/h6H,4H2,1-3H3,(H,8,10). The minimum Gasteiger partial charge on any atom is -0.359 e. The van der Waals surface area contributed by atoms with E-state index in [1.807, 2.05) is 6.26 Å². The van der Waals surface area contributed by atoms with Crippen molar-refractivity contribution in [3.05, 3.63) is 0 Å². The zero-order valence-corrected chi connectivity index (χ0v) is 7.83. The molecule has 3 nitrogen and oxygen atoms in total. The molecule has 0 aliphatic carbocycles. The Kier molecular flexibility index (Phi) is 4.94. The number of hydrogen-bond acceptors (Lipinski definition) is 3. The lowest BCUT2D eigenvalue weighted by Crippen LogP contribution is -2.25. The van der Waals surface area contributed by atoms with Crippen molar-refractivity contribution < 1.29 is 9.59 Å². The number of Topliss-reactive ketones (excluding diaryl/α,β-unsaturated/α-hetero) is 1. The number of hydrogen-bond donors (Lipinski definition) is 1. The number of thioether (sulfide) groups is 1. The Morgan fingerprint density at radius 2 is 2.09 bits per heavy atom. The Hall–Kier alpha value is -0.510. The molecular weight excluding hydrogens is 162 g/mol. The van der Waals surface area contributed by atoms with Crippen molar-refractivity contribution in [1.82, 2.24) is 5.32 Å². The molecule has 0 aliphatic heterocycles. The minimum absolute atomic E-state index is 0.0566. The molecule has 1 unspecified atom stereocenters. The summed E-state index contributed by atoms with van der Waals surface area (Å²) in [5, 5.41) is 2.29. The average molecular weight is 175 g/mol. The molecule has 0 aromatic carbocycles. The smallest absolute Gasteiger partial charge is 0.221 e. The topological polar surface area (TPSA) is 46.2 Å². The van der Waals surface area contributed by atoms with Crippen molar-refractivity contribution in [2.45, 2.75) is 18.6 Å². The second kappa shape index (κ2) is 5.18. The highest BCUT2D eigenvalue weighted by Crippen LogP contribution is 2.11. The SMILES string of the molecule is CNC(=O)CC(SC)C(C)=O. The van der Waals surface area contributed by atoms with Gasteiger partial charge in [0.1, 0.15) is 5.78 Å². The Bertz CT molecular complexity index is 159. The van der Waals surface area contributed by atoms with Gasteiger partial charge >= 0.3 is 0 Å². The number of rotatable bonds is 4. The van der Waals surface area contributed by atoms with Crippen LogP contribution in [0.25, 0.3) is 0 Å². The predicted octanol–water partition coefficient (Wildman–Crippen LogP) is 0.443. The van der Waals surface area contributed by atoms with Crippen LogP contribution in [0.5, 0.6) is 0 Å². The van der Waals surface area contributed by atoms with Crippen LogP contribution in [-0.2, 0) is 9.59 Å². The summed E-state index contributed by atoms with van der Waals surface area (Å²) in [6.07, 6.45) is 2.11. The normalized spacial score (nSPS) is 12.3. The first kappa shape index (κ1) is 10.5. The van der Waals surface area contributed by atoms with Crippen LogP contribution in [0.2, 0.25) is 0 Å². The van der Waals surface area contributed by atoms with Crippen LogP contribution in [0.1, 0.15) is 13.3 Å². The molecule has 0 saturated carbocycles. The Morgan fingerprint density at radius 3 is 2.36 bits per heavy atom. The summed E-state index contributed by atoms with van der Waals surface area (Å²) in [5.74, 6) is -0.0272. The van der Waals surface area contributed by atoms with E-state index in [0.717, 1.165) is 0 Å². The van der Waals surface area contributed by atoms with Crippen LogP contribution in [0.4, 0.5) is 0 Å². The van der Waals surface area contributed by atoms with Gasteiger partial charge < -0.3 is 5.32 Å². The Balaban J connectivity index is 3.88. The third kappa shape index (κ3) is 4.03. The van der Waals surface area contributed by atoms with Gasteiger partial charge in [0.2, 0.25) is 5.91 Å². The number of nitrogens with one attached hydrogen (secondary N) is 1. The van der Waals surface area contributed by atoms with E-state index in [2.05, 4.69) is 5.32 Å². The summed E-state index contributed by atoms with van der Waals surface area (Å²) in [6.45, 7) is 1.50. The highest BCUT2D eigenvalue weighted by Gasteiger charge is 2.15. The quantitative estimate of drug-likeness (QED) is 0.674. The molecule has 1 amide bonds. The summed E-state index contributed by atoms with van der Waals surface area (Å²) >= 11 is 1.41. The summed E-state index contributed by atoms with van der Waals surface area (Å²) in [7, 11) is 1.57. The maximum atomic E-state index is 10.8. The summed E-state index contributed by atoms with van der Waals surface area (Å²) in [4.78, 5) is 21.6. The van der Waals surface area contributed by atoms with Gasteiger partial charge in [-0.05, 0) is 13.2 Å². The van der Waals surface area contributed by atoms with Crippen LogP contribution in [0, 0.1) is 0 Å². The maximum absolute atomic E-state index is 10.8. The van der Waals surface area contributed by atoms with Crippen LogP contribution in [0.15, 0.2) is 0 Å². The van der Waals surface area contributed by atoms with E-state index in [1.165, 1.54) is 18.7 Å². The lowest BCUT2D eigenvalue weighted by atomic mass is 10.2. The molecule has 64 valence electrons. The van der Waals surface area contributed by atoms with Gasteiger partial charge in [0.15, 0.2) is 0 Å². The van der Waals surface area contributed by atoms with E-state index in [0.29, 0.717) is 0 Å². The van der Waals surface area contributed by atoms with Crippen LogP contribution >= 0.6 is 11.8 Å². The second-order valence-electron chi connectivity index (χ2n) is 2.21. The molecule has 0 saturated heterocycles. The number of ketones is 1. The fraction of sp³-hybridized carbons (Fsp3) is 0.714. The Morgan fingerprint density at radius 1 is 1.55 bits per heavy atom. The minimum atomic E-state index is -0.185. The van der Waals surface area contributed by atoms with Gasteiger partial charge in [-0.3, -0.25) is 9.59 Å². The van der Waals surface area contributed by atoms with Crippen molar-refractivity contribution in [3.8, 4) is 0 Å². The van der Waals surface area contributed by atoms with Gasteiger partial charge in [-0.25, -0.2) is 0 Å². The molecule has 11 heavy (non-hydrogen) atoms. The average Bonchev–Trinajstić information content (AvgIpc) is 1.99. The van der Waals surface area contributed by atoms with Gasteiger partial charge in [0, 0.05) is 13.5 Å². The van der Waals surface area contributed by atoms with Gasteiger partial charge in [0.25, 0.3) is 0 Å². The van der Waals surface area contributed by atoms with E-state index in [-0.39, 0.29) is 23.4 Å². The second-order valence-corrected chi connectivity index (χ2v) is 3.25.